The Labute approximate surface area is 192 Å². The van der Waals surface area contributed by atoms with E-state index in [1.165, 1.54) is 4.90 Å². The van der Waals surface area contributed by atoms with Gasteiger partial charge in [0.1, 0.15) is 12.6 Å². The number of ether oxygens (including phenoxy) is 1. The topological polar surface area (TPSA) is 83.6 Å². The fraction of sp³-hybridized carbons (Fsp3) is 0.409. The summed E-state index contributed by atoms with van der Waals surface area (Å²) in [5.41, 5.74) is 1.13. The summed E-state index contributed by atoms with van der Waals surface area (Å²) < 4.78 is 6.01. The number of likely N-dealkylation sites (N-methyl/N-ethyl adjacent to an activating group) is 1. The number of hydrogen-bond donors (Lipinski definition) is 2. The lowest BCUT2D eigenvalue weighted by Crippen LogP contribution is -2.43. The summed E-state index contributed by atoms with van der Waals surface area (Å²) in [5.74, 6) is 0.155. The van der Waals surface area contributed by atoms with Gasteiger partial charge in [-0.3, -0.25) is 4.79 Å². The lowest BCUT2D eigenvalue weighted by atomic mass is 10.2. The second-order valence-electron chi connectivity index (χ2n) is 7.31. The van der Waals surface area contributed by atoms with Crippen LogP contribution in [0.1, 0.15) is 38.2 Å². The van der Waals surface area contributed by atoms with Gasteiger partial charge in [0.25, 0.3) is 0 Å². The molecule has 3 rings (SSSR count). The van der Waals surface area contributed by atoms with Crippen LogP contribution >= 0.6 is 23.2 Å². The third-order valence-corrected chi connectivity index (χ3v) is 5.72. The maximum absolute atomic E-state index is 12.6. The molecule has 0 atom stereocenters. The largest absolute Gasteiger partial charge is 0.474 e. The molecule has 2 aromatic rings. The first-order valence-corrected chi connectivity index (χ1v) is 11.1. The van der Waals surface area contributed by atoms with Gasteiger partial charge in [-0.2, -0.15) is 0 Å². The standard InChI is InChI=1S/C22H26Cl2N4O3/c1-2-28(14-19(29)27-20-17(23)10-5-11-18(20)24)22(30)26-13-15-7-6-12-25-21(15)31-16-8-3-4-9-16/h5-7,10-12,16H,2-4,8-9,13-14H2,1H3,(H,26,30)(H,27,29). The zero-order valence-corrected chi connectivity index (χ0v) is 18.9. The molecule has 1 aromatic heterocycles. The SMILES string of the molecule is CCN(CC(=O)Nc1c(Cl)cccc1Cl)C(=O)NCc1cccnc1OC1CCCC1. The summed E-state index contributed by atoms with van der Waals surface area (Å²) in [5, 5.41) is 6.18. The van der Waals surface area contributed by atoms with Crippen LogP contribution in [0.4, 0.5) is 10.5 Å². The van der Waals surface area contributed by atoms with Crippen LogP contribution in [0.2, 0.25) is 10.0 Å². The molecule has 0 aliphatic heterocycles. The van der Waals surface area contributed by atoms with Crippen LogP contribution in [0, 0.1) is 0 Å². The molecule has 9 heteroatoms. The van der Waals surface area contributed by atoms with Crippen molar-refractivity contribution in [3.8, 4) is 5.88 Å². The number of aromatic nitrogens is 1. The number of hydrogen-bond acceptors (Lipinski definition) is 4. The lowest BCUT2D eigenvalue weighted by Gasteiger charge is -2.22. The molecule has 1 aromatic carbocycles. The van der Waals surface area contributed by atoms with E-state index in [-0.39, 0.29) is 25.2 Å². The van der Waals surface area contributed by atoms with Gasteiger partial charge in [-0.05, 0) is 50.8 Å². The number of para-hydroxylation sites is 1. The minimum Gasteiger partial charge on any atom is -0.474 e. The molecule has 0 radical (unpaired) electrons. The van der Waals surface area contributed by atoms with Crippen molar-refractivity contribution in [3.63, 3.8) is 0 Å². The summed E-state index contributed by atoms with van der Waals surface area (Å²) in [7, 11) is 0. The second kappa shape index (κ2) is 11.2. The fourth-order valence-corrected chi connectivity index (χ4v) is 3.90. The zero-order valence-electron chi connectivity index (χ0n) is 17.4. The van der Waals surface area contributed by atoms with E-state index in [0.717, 1.165) is 31.2 Å². The Hall–Kier alpha value is -2.51. The molecule has 0 bridgehead atoms. The van der Waals surface area contributed by atoms with Gasteiger partial charge in [0.05, 0.1) is 15.7 Å². The van der Waals surface area contributed by atoms with Crippen molar-refractivity contribution < 1.29 is 14.3 Å². The maximum Gasteiger partial charge on any atom is 0.318 e. The Morgan fingerprint density at radius 1 is 1.16 bits per heavy atom. The van der Waals surface area contributed by atoms with Crippen molar-refractivity contribution in [2.45, 2.75) is 45.3 Å². The van der Waals surface area contributed by atoms with Crippen molar-refractivity contribution in [2.75, 3.05) is 18.4 Å². The van der Waals surface area contributed by atoms with E-state index in [9.17, 15) is 9.59 Å². The summed E-state index contributed by atoms with van der Waals surface area (Å²) in [6.07, 6.45) is 6.23. The predicted octanol–water partition coefficient (Wildman–Crippen LogP) is 4.88. The first kappa shape index (κ1) is 23.2. The Balaban J connectivity index is 1.56. The lowest BCUT2D eigenvalue weighted by molar-refractivity contribution is -0.116. The molecule has 0 saturated heterocycles. The van der Waals surface area contributed by atoms with E-state index in [1.807, 2.05) is 6.07 Å². The number of amides is 3. The van der Waals surface area contributed by atoms with Crippen molar-refractivity contribution >= 4 is 40.8 Å². The van der Waals surface area contributed by atoms with Crippen molar-refractivity contribution in [3.05, 3.63) is 52.1 Å². The van der Waals surface area contributed by atoms with E-state index in [4.69, 9.17) is 27.9 Å². The normalized spacial score (nSPS) is 13.6. The molecule has 1 heterocycles. The number of anilines is 1. The highest BCUT2D eigenvalue weighted by Crippen LogP contribution is 2.29. The minimum atomic E-state index is -0.390. The number of carbonyl (C=O) groups is 2. The molecule has 7 nitrogen and oxygen atoms in total. The first-order chi connectivity index (χ1) is 15.0. The monoisotopic (exact) mass is 464 g/mol. The number of pyridine rings is 1. The Morgan fingerprint density at radius 3 is 2.55 bits per heavy atom. The van der Waals surface area contributed by atoms with E-state index in [2.05, 4.69) is 15.6 Å². The molecular weight excluding hydrogens is 439 g/mol. The molecule has 2 N–H and O–H groups in total. The smallest absolute Gasteiger partial charge is 0.318 e. The highest BCUT2D eigenvalue weighted by Gasteiger charge is 2.20. The van der Waals surface area contributed by atoms with Crippen LogP contribution < -0.4 is 15.4 Å². The van der Waals surface area contributed by atoms with Gasteiger partial charge in [-0.1, -0.05) is 35.3 Å². The van der Waals surface area contributed by atoms with Crippen molar-refractivity contribution in [1.82, 2.24) is 15.2 Å². The highest BCUT2D eigenvalue weighted by atomic mass is 35.5. The third-order valence-electron chi connectivity index (χ3n) is 5.09. The Morgan fingerprint density at radius 2 is 1.87 bits per heavy atom. The van der Waals surface area contributed by atoms with E-state index >= 15 is 0 Å². The van der Waals surface area contributed by atoms with Gasteiger partial charge in [-0.25, -0.2) is 9.78 Å². The summed E-state index contributed by atoms with van der Waals surface area (Å²) >= 11 is 12.2. The molecule has 31 heavy (non-hydrogen) atoms. The third kappa shape index (κ3) is 6.48. The minimum absolute atomic E-state index is 0.137. The average molecular weight is 465 g/mol. The first-order valence-electron chi connectivity index (χ1n) is 10.3. The molecule has 166 valence electrons. The van der Waals surface area contributed by atoms with Crippen LogP contribution in [0.15, 0.2) is 36.5 Å². The number of benzene rings is 1. The number of nitrogens with zero attached hydrogens (tertiary/aromatic N) is 2. The molecule has 3 amide bonds. The molecule has 1 aliphatic carbocycles. The van der Waals surface area contributed by atoms with Gasteiger partial charge in [-0.15, -0.1) is 0 Å². The number of nitrogens with one attached hydrogen (secondary N) is 2. The summed E-state index contributed by atoms with van der Waals surface area (Å²) in [6.45, 7) is 2.27. The molecule has 1 fully saturated rings. The van der Waals surface area contributed by atoms with Gasteiger partial charge < -0.3 is 20.3 Å². The van der Waals surface area contributed by atoms with E-state index in [1.54, 1.807) is 37.4 Å². The van der Waals surface area contributed by atoms with Crippen LogP contribution in [-0.4, -0.2) is 41.0 Å². The van der Waals surface area contributed by atoms with Crippen LogP contribution in [0.25, 0.3) is 0 Å². The predicted molar refractivity (Wildman–Crippen MR) is 122 cm³/mol. The van der Waals surface area contributed by atoms with Crippen LogP contribution in [0.5, 0.6) is 5.88 Å². The summed E-state index contributed by atoms with van der Waals surface area (Å²) in [6, 6.07) is 8.27. The van der Waals surface area contributed by atoms with E-state index < -0.39 is 5.91 Å². The van der Waals surface area contributed by atoms with Gasteiger partial charge in [0, 0.05) is 24.8 Å². The number of halogens is 2. The fourth-order valence-electron chi connectivity index (χ4n) is 3.41. The van der Waals surface area contributed by atoms with Crippen LogP contribution in [0.3, 0.4) is 0 Å². The molecule has 1 saturated carbocycles. The highest BCUT2D eigenvalue weighted by molar-refractivity contribution is 6.39. The maximum atomic E-state index is 12.6. The molecule has 0 spiro atoms. The Kier molecular flexibility index (Phi) is 8.37. The quantitative estimate of drug-likeness (QED) is 0.582. The number of carbonyl (C=O) groups excluding carboxylic acids is 2. The number of urea groups is 1. The molecule has 1 aliphatic rings. The number of rotatable bonds is 8. The van der Waals surface area contributed by atoms with Gasteiger partial charge >= 0.3 is 6.03 Å². The van der Waals surface area contributed by atoms with Gasteiger partial charge in [0.2, 0.25) is 11.8 Å². The van der Waals surface area contributed by atoms with Crippen molar-refractivity contribution in [1.29, 1.82) is 0 Å². The van der Waals surface area contributed by atoms with E-state index in [0.29, 0.717) is 28.2 Å². The summed E-state index contributed by atoms with van der Waals surface area (Å²) in [4.78, 5) is 30.8. The van der Waals surface area contributed by atoms with Crippen LogP contribution in [-0.2, 0) is 11.3 Å². The van der Waals surface area contributed by atoms with Crippen molar-refractivity contribution in [2.24, 2.45) is 0 Å². The second-order valence-corrected chi connectivity index (χ2v) is 8.12. The zero-order chi connectivity index (χ0) is 22.2. The Bertz CT molecular complexity index is 899. The average Bonchev–Trinajstić information content (AvgIpc) is 3.27. The van der Waals surface area contributed by atoms with Gasteiger partial charge in [0.15, 0.2) is 0 Å². The molecule has 0 unspecified atom stereocenters. The molecular formula is C22H26Cl2N4O3.